The fourth-order valence-electron chi connectivity index (χ4n) is 3.83. The molecule has 1 aliphatic rings. The summed E-state index contributed by atoms with van der Waals surface area (Å²) in [4.78, 5) is 26.0. The molecule has 5 nitrogen and oxygen atoms in total. The number of aromatic nitrogens is 2. The average Bonchev–Trinajstić information content (AvgIpc) is 2.70. The van der Waals surface area contributed by atoms with Gasteiger partial charge in [-0.15, -0.1) is 0 Å². The van der Waals surface area contributed by atoms with E-state index in [1.807, 2.05) is 36.1 Å². The number of hydrogen-bond donors (Lipinski definition) is 0. The molecule has 2 unspecified atom stereocenters. The molecule has 2 heterocycles. The van der Waals surface area contributed by atoms with Crippen molar-refractivity contribution in [2.45, 2.75) is 38.9 Å². The van der Waals surface area contributed by atoms with Crippen molar-refractivity contribution in [1.29, 1.82) is 0 Å². The fraction of sp³-hybridized carbons (Fsp3) is 0.500. The van der Waals surface area contributed by atoms with Gasteiger partial charge < -0.3 is 9.80 Å². The van der Waals surface area contributed by atoms with Crippen molar-refractivity contribution in [3.05, 3.63) is 48.2 Å². The van der Waals surface area contributed by atoms with Gasteiger partial charge in [-0.2, -0.15) is 0 Å². The van der Waals surface area contributed by atoms with Gasteiger partial charge in [0, 0.05) is 32.4 Å². The molecule has 1 fully saturated rings. The minimum absolute atomic E-state index is 0.116. The van der Waals surface area contributed by atoms with Crippen LogP contribution in [0.1, 0.15) is 32.8 Å². The van der Waals surface area contributed by atoms with Crippen LogP contribution in [0.5, 0.6) is 0 Å². The Balaban J connectivity index is 1.58. The summed E-state index contributed by atoms with van der Waals surface area (Å²) < 4.78 is 0. The molecule has 1 saturated heterocycles. The van der Waals surface area contributed by atoms with E-state index in [4.69, 9.17) is 4.98 Å². The van der Waals surface area contributed by atoms with Crippen molar-refractivity contribution in [2.75, 3.05) is 30.3 Å². The second kappa shape index (κ2) is 9.92. The maximum absolute atomic E-state index is 12.7. The van der Waals surface area contributed by atoms with Crippen molar-refractivity contribution >= 4 is 23.5 Å². The molecule has 150 valence electrons. The van der Waals surface area contributed by atoms with Gasteiger partial charge in [0.1, 0.15) is 5.82 Å². The largest absolute Gasteiger partial charge is 0.356 e. The van der Waals surface area contributed by atoms with Gasteiger partial charge in [0.05, 0.1) is 5.75 Å². The van der Waals surface area contributed by atoms with Crippen LogP contribution in [0.25, 0.3) is 0 Å². The number of thioether (sulfide) groups is 1. The molecule has 2 atom stereocenters. The smallest absolute Gasteiger partial charge is 0.233 e. The summed E-state index contributed by atoms with van der Waals surface area (Å²) in [6.07, 6.45) is 3.08. The standard InChI is InChI=1S/C22H30N4OS/c1-4-25(15-19-8-6-5-7-9-19)21(27)16-28-22-23-11-10-20(24-22)26-13-17(2)12-18(3)14-26/h5-11,17-18H,4,12-16H2,1-3H3. The van der Waals surface area contributed by atoms with Crippen molar-refractivity contribution in [3.63, 3.8) is 0 Å². The molecule has 1 aromatic carbocycles. The molecular weight excluding hydrogens is 368 g/mol. The van der Waals surface area contributed by atoms with E-state index >= 15 is 0 Å². The summed E-state index contributed by atoms with van der Waals surface area (Å²) in [6.45, 7) is 10.0. The lowest BCUT2D eigenvalue weighted by molar-refractivity contribution is -0.128. The molecular formula is C22H30N4OS. The quantitative estimate of drug-likeness (QED) is 0.519. The van der Waals surface area contributed by atoms with Crippen LogP contribution in [0.4, 0.5) is 5.82 Å². The van der Waals surface area contributed by atoms with Crippen LogP contribution in [0, 0.1) is 11.8 Å². The maximum atomic E-state index is 12.7. The topological polar surface area (TPSA) is 49.3 Å². The molecule has 1 amide bonds. The Morgan fingerprint density at radius 1 is 1.18 bits per heavy atom. The summed E-state index contributed by atoms with van der Waals surface area (Å²) in [5.41, 5.74) is 1.15. The first-order valence-electron chi connectivity index (χ1n) is 10.1. The Morgan fingerprint density at radius 3 is 2.57 bits per heavy atom. The Hall–Kier alpha value is -2.08. The minimum atomic E-state index is 0.116. The molecule has 0 bridgehead atoms. The number of piperidine rings is 1. The first-order chi connectivity index (χ1) is 13.5. The van der Waals surface area contributed by atoms with Gasteiger partial charge >= 0.3 is 0 Å². The molecule has 3 rings (SSSR count). The number of hydrogen-bond acceptors (Lipinski definition) is 5. The Kier molecular flexibility index (Phi) is 7.31. The molecule has 0 spiro atoms. The second-order valence-corrected chi connectivity index (χ2v) is 8.67. The number of benzene rings is 1. The normalized spacial score (nSPS) is 19.5. The Labute approximate surface area is 172 Å². The number of rotatable bonds is 7. The van der Waals surface area contributed by atoms with E-state index < -0.39 is 0 Å². The number of amides is 1. The average molecular weight is 399 g/mol. The van der Waals surface area contributed by atoms with Crippen LogP contribution >= 0.6 is 11.8 Å². The first-order valence-corrected chi connectivity index (χ1v) is 11.1. The van der Waals surface area contributed by atoms with Gasteiger partial charge in [0.2, 0.25) is 5.91 Å². The van der Waals surface area contributed by atoms with Crippen molar-refractivity contribution in [3.8, 4) is 0 Å². The van der Waals surface area contributed by atoms with Crippen LogP contribution in [0.15, 0.2) is 47.8 Å². The zero-order chi connectivity index (χ0) is 19.9. The number of nitrogens with zero attached hydrogens (tertiary/aromatic N) is 4. The summed E-state index contributed by atoms with van der Waals surface area (Å²) in [6, 6.07) is 12.1. The minimum Gasteiger partial charge on any atom is -0.356 e. The predicted molar refractivity (Wildman–Crippen MR) is 115 cm³/mol. The van der Waals surface area contributed by atoms with E-state index in [1.54, 1.807) is 6.20 Å². The van der Waals surface area contributed by atoms with Crippen molar-refractivity contribution in [2.24, 2.45) is 11.8 Å². The summed E-state index contributed by atoms with van der Waals surface area (Å²) in [7, 11) is 0. The zero-order valence-electron chi connectivity index (χ0n) is 17.0. The molecule has 1 aliphatic heterocycles. The maximum Gasteiger partial charge on any atom is 0.233 e. The molecule has 0 N–H and O–H groups in total. The lowest BCUT2D eigenvalue weighted by Crippen LogP contribution is -2.39. The van der Waals surface area contributed by atoms with Crippen molar-refractivity contribution < 1.29 is 4.79 Å². The summed E-state index contributed by atoms with van der Waals surface area (Å²) >= 11 is 1.42. The van der Waals surface area contributed by atoms with E-state index in [-0.39, 0.29) is 5.91 Å². The molecule has 28 heavy (non-hydrogen) atoms. The number of anilines is 1. The predicted octanol–water partition coefficient (Wildman–Crippen LogP) is 4.10. The van der Waals surface area contributed by atoms with Crippen LogP contribution in [-0.2, 0) is 11.3 Å². The second-order valence-electron chi connectivity index (χ2n) is 7.73. The third-order valence-corrected chi connectivity index (χ3v) is 5.93. The van der Waals surface area contributed by atoms with Gasteiger partial charge in [0.15, 0.2) is 5.16 Å². The SMILES string of the molecule is CCN(Cc1ccccc1)C(=O)CSc1nccc(N2CC(C)CC(C)C2)n1. The Morgan fingerprint density at radius 2 is 1.89 bits per heavy atom. The third kappa shape index (κ3) is 5.71. The molecule has 0 aliphatic carbocycles. The van der Waals surface area contributed by atoms with Gasteiger partial charge in [0.25, 0.3) is 0 Å². The van der Waals surface area contributed by atoms with Crippen LogP contribution in [0.3, 0.4) is 0 Å². The Bertz CT molecular complexity index is 760. The highest BCUT2D eigenvalue weighted by Gasteiger charge is 2.23. The van der Waals surface area contributed by atoms with Gasteiger partial charge in [-0.1, -0.05) is 55.9 Å². The lowest BCUT2D eigenvalue weighted by Gasteiger charge is -2.35. The molecule has 0 radical (unpaired) electrons. The van der Waals surface area contributed by atoms with Crippen molar-refractivity contribution in [1.82, 2.24) is 14.9 Å². The van der Waals surface area contributed by atoms with E-state index in [1.165, 1.54) is 18.2 Å². The van der Waals surface area contributed by atoms with E-state index in [9.17, 15) is 4.79 Å². The van der Waals surface area contributed by atoms with Crippen LogP contribution < -0.4 is 4.90 Å². The highest BCUT2D eigenvalue weighted by Crippen LogP contribution is 2.26. The van der Waals surface area contributed by atoms with E-state index in [2.05, 4.69) is 35.9 Å². The highest BCUT2D eigenvalue weighted by atomic mass is 32.2. The molecule has 6 heteroatoms. The summed E-state index contributed by atoms with van der Waals surface area (Å²) in [5, 5.41) is 0.674. The van der Waals surface area contributed by atoms with E-state index in [0.29, 0.717) is 35.8 Å². The molecule has 2 aromatic rings. The zero-order valence-corrected chi connectivity index (χ0v) is 17.9. The third-order valence-electron chi connectivity index (χ3n) is 5.09. The number of carbonyl (C=O) groups is 1. The monoisotopic (exact) mass is 398 g/mol. The van der Waals surface area contributed by atoms with Crippen LogP contribution in [-0.4, -0.2) is 46.2 Å². The number of carbonyl (C=O) groups excluding carboxylic acids is 1. The molecule has 0 saturated carbocycles. The van der Waals surface area contributed by atoms with Gasteiger partial charge in [-0.25, -0.2) is 9.97 Å². The highest BCUT2D eigenvalue weighted by molar-refractivity contribution is 7.99. The van der Waals surface area contributed by atoms with Crippen LogP contribution in [0.2, 0.25) is 0 Å². The molecule has 1 aromatic heterocycles. The van der Waals surface area contributed by atoms with Gasteiger partial charge in [-0.3, -0.25) is 4.79 Å². The first kappa shape index (κ1) is 20.6. The van der Waals surface area contributed by atoms with E-state index in [0.717, 1.165) is 24.5 Å². The van der Waals surface area contributed by atoms with Gasteiger partial charge in [-0.05, 0) is 36.8 Å². The lowest BCUT2D eigenvalue weighted by atomic mass is 9.92. The fourth-order valence-corrected chi connectivity index (χ4v) is 4.55. The summed E-state index contributed by atoms with van der Waals surface area (Å²) in [5.74, 6) is 2.79.